The van der Waals surface area contributed by atoms with E-state index in [4.69, 9.17) is 0 Å². The minimum atomic E-state index is -2.76. The topological polar surface area (TPSA) is 46.2 Å². The second-order valence-electron chi connectivity index (χ2n) is 6.67. The highest BCUT2D eigenvalue weighted by Crippen LogP contribution is 2.35. The highest BCUT2D eigenvalue weighted by molar-refractivity contribution is 7.91. The van der Waals surface area contributed by atoms with Gasteiger partial charge in [0, 0.05) is 6.04 Å². The number of hydrogen-bond acceptors (Lipinski definition) is 3. The van der Waals surface area contributed by atoms with Gasteiger partial charge in [-0.2, -0.15) is 0 Å². The molecule has 1 heterocycles. The summed E-state index contributed by atoms with van der Waals surface area (Å²) in [4.78, 5) is 0. The maximum Gasteiger partial charge on any atom is 0.150 e. The summed E-state index contributed by atoms with van der Waals surface area (Å²) in [6, 6.07) is 11.0. The molecule has 2 aliphatic rings. The van der Waals surface area contributed by atoms with Crippen LogP contribution >= 0.6 is 0 Å². The molecular weight excluding hydrogens is 282 g/mol. The van der Waals surface area contributed by atoms with E-state index >= 15 is 0 Å². The van der Waals surface area contributed by atoms with Gasteiger partial charge in [0.2, 0.25) is 0 Å². The lowest BCUT2D eigenvalue weighted by atomic mass is 9.79. The second kappa shape index (κ2) is 6.49. The van der Waals surface area contributed by atoms with Gasteiger partial charge in [0.1, 0.15) is 0 Å². The van der Waals surface area contributed by atoms with E-state index in [9.17, 15) is 8.42 Å². The Kier molecular flexibility index (Phi) is 4.65. The van der Waals surface area contributed by atoms with Gasteiger partial charge in [-0.3, -0.25) is 0 Å². The predicted octanol–water partition coefficient (Wildman–Crippen LogP) is 2.94. The molecular formula is C17H25NO2S. The highest BCUT2D eigenvalue weighted by atomic mass is 32.2. The molecule has 0 aromatic heterocycles. The molecule has 1 aromatic carbocycles. The van der Waals surface area contributed by atoms with Gasteiger partial charge in [-0.05, 0) is 36.8 Å². The summed E-state index contributed by atoms with van der Waals surface area (Å²) >= 11 is 0. The van der Waals surface area contributed by atoms with Gasteiger partial charge in [-0.1, -0.05) is 49.6 Å². The van der Waals surface area contributed by atoms with Crippen LogP contribution in [0.3, 0.4) is 0 Å². The maximum atomic E-state index is 11.6. The number of nitrogens with one attached hydrogen (secondary N) is 1. The standard InChI is InChI=1S/C17H25NO2S/c19-21(20)10-9-15(13-21)12-18-17(11-14-5-4-6-14)16-7-2-1-3-8-16/h1-3,7-8,14-15,17-18H,4-6,9-13H2/t15-,17-/m1/s1. The van der Waals surface area contributed by atoms with Crippen molar-refractivity contribution in [2.45, 2.75) is 38.1 Å². The Morgan fingerprint density at radius 1 is 1.10 bits per heavy atom. The van der Waals surface area contributed by atoms with Crippen LogP contribution < -0.4 is 5.32 Å². The summed E-state index contributed by atoms with van der Waals surface area (Å²) in [5.74, 6) is 1.88. The van der Waals surface area contributed by atoms with E-state index in [0.29, 0.717) is 23.5 Å². The van der Waals surface area contributed by atoms with E-state index in [0.717, 1.165) is 18.9 Å². The number of rotatable bonds is 6. The molecule has 0 radical (unpaired) electrons. The third kappa shape index (κ3) is 4.07. The summed E-state index contributed by atoms with van der Waals surface area (Å²) in [5.41, 5.74) is 1.34. The van der Waals surface area contributed by atoms with Crippen LogP contribution in [0.1, 0.15) is 43.7 Å². The highest BCUT2D eigenvalue weighted by Gasteiger charge is 2.29. The van der Waals surface area contributed by atoms with E-state index in [1.165, 1.54) is 31.2 Å². The quantitative estimate of drug-likeness (QED) is 0.879. The zero-order chi connectivity index (χ0) is 14.7. The molecule has 1 N–H and O–H groups in total. The molecule has 3 rings (SSSR count). The lowest BCUT2D eigenvalue weighted by Gasteiger charge is -2.31. The van der Waals surface area contributed by atoms with Crippen molar-refractivity contribution in [1.82, 2.24) is 5.32 Å². The summed E-state index contributed by atoms with van der Waals surface area (Å²) in [7, 11) is -2.76. The molecule has 2 atom stereocenters. The average molecular weight is 307 g/mol. The first-order chi connectivity index (χ1) is 10.1. The van der Waals surface area contributed by atoms with Crippen LogP contribution in [0.5, 0.6) is 0 Å². The van der Waals surface area contributed by atoms with Crippen molar-refractivity contribution in [3.05, 3.63) is 35.9 Å². The molecule has 1 aliphatic carbocycles. The fraction of sp³-hybridized carbons (Fsp3) is 0.647. The summed E-state index contributed by atoms with van der Waals surface area (Å²) in [6.07, 6.45) is 6.07. The van der Waals surface area contributed by atoms with Crippen LogP contribution in [0.15, 0.2) is 30.3 Å². The van der Waals surface area contributed by atoms with Crippen LogP contribution in [-0.2, 0) is 9.84 Å². The lowest BCUT2D eigenvalue weighted by Crippen LogP contribution is -2.30. The van der Waals surface area contributed by atoms with E-state index in [1.54, 1.807) is 0 Å². The maximum absolute atomic E-state index is 11.6. The molecule has 1 aliphatic heterocycles. The molecule has 1 aromatic rings. The second-order valence-corrected chi connectivity index (χ2v) is 8.90. The molecule has 0 bridgehead atoms. The Morgan fingerprint density at radius 2 is 1.86 bits per heavy atom. The summed E-state index contributed by atoms with van der Waals surface area (Å²) in [5, 5.41) is 3.65. The Bertz CT molecular complexity index is 551. The van der Waals surface area contributed by atoms with Crippen LogP contribution in [0.25, 0.3) is 0 Å². The first kappa shape index (κ1) is 15.0. The van der Waals surface area contributed by atoms with Gasteiger partial charge in [0.05, 0.1) is 11.5 Å². The average Bonchev–Trinajstić information content (AvgIpc) is 2.77. The molecule has 116 valence electrons. The molecule has 3 nitrogen and oxygen atoms in total. The van der Waals surface area contributed by atoms with Gasteiger partial charge in [0.15, 0.2) is 9.84 Å². The van der Waals surface area contributed by atoms with Crippen LogP contribution in [0.2, 0.25) is 0 Å². The zero-order valence-electron chi connectivity index (χ0n) is 12.5. The summed E-state index contributed by atoms with van der Waals surface area (Å²) in [6.45, 7) is 0.825. The van der Waals surface area contributed by atoms with Gasteiger partial charge in [0.25, 0.3) is 0 Å². The van der Waals surface area contributed by atoms with Gasteiger partial charge in [-0.15, -0.1) is 0 Å². The Labute approximate surface area is 128 Å². The smallest absolute Gasteiger partial charge is 0.150 e. The first-order valence-electron chi connectivity index (χ1n) is 8.11. The minimum absolute atomic E-state index is 0.294. The SMILES string of the molecule is O=S1(=O)CC[C@H](CN[C@H](CC2CCC2)c2ccccc2)C1. The lowest BCUT2D eigenvalue weighted by molar-refractivity contribution is 0.257. The number of sulfone groups is 1. The third-order valence-electron chi connectivity index (χ3n) is 4.98. The van der Waals surface area contributed by atoms with Crippen molar-refractivity contribution < 1.29 is 8.42 Å². The third-order valence-corrected chi connectivity index (χ3v) is 6.81. The summed E-state index contributed by atoms with van der Waals surface area (Å²) < 4.78 is 23.1. The van der Waals surface area contributed by atoms with Crippen molar-refractivity contribution in [3.63, 3.8) is 0 Å². The van der Waals surface area contributed by atoms with Crippen molar-refractivity contribution >= 4 is 9.84 Å². The van der Waals surface area contributed by atoms with E-state index in [-0.39, 0.29) is 0 Å². The van der Waals surface area contributed by atoms with Crippen molar-refractivity contribution in [2.24, 2.45) is 11.8 Å². The van der Waals surface area contributed by atoms with E-state index < -0.39 is 9.84 Å². The van der Waals surface area contributed by atoms with E-state index in [1.807, 2.05) is 6.07 Å². The normalized spacial score (nSPS) is 26.4. The Hall–Kier alpha value is -0.870. The monoisotopic (exact) mass is 307 g/mol. The first-order valence-corrected chi connectivity index (χ1v) is 9.93. The van der Waals surface area contributed by atoms with E-state index in [2.05, 4.69) is 29.6 Å². The van der Waals surface area contributed by atoms with Crippen LogP contribution in [0, 0.1) is 11.8 Å². The molecule has 21 heavy (non-hydrogen) atoms. The predicted molar refractivity (Wildman–Crippen MR) is 85.9 cm³/mol. The zero-order valence-corrected chi connectivity index (χ0v) is 13.3. The number of hydrogen-bond donors (Lipinski definition) is 1. The van der Waals surface area contributed by atoms with Crippen molar-refractivity contribution in [1.29, 1.82) is 0 Å². The van der Waals surface area contributed by atoms with Gasteiger partial charge in [-0.25, -0.2) is 8.42 Å². The number of benzene rings is 1. The molecule has 4 heteroatoms. The molecule has 0 unspecified atom stereocenters. The Morgan fingerprint density at radius 3 is 2.43 bits per heavy atom. The molecule has 1 saturated carbocycles. The van der Waals surface area contributed by atoms with Crippen LogP contribution in [-0.4, -0.2) is 26.5 Å². The Balaban J connectivity index is 1.59. The van der Waals surface area contributed by atoms with Crippen LogP contribution in [0.4, 0.5) is 0 Å². The molecule has 2 fully saturated rings. The fourth-order valence-corrected chi connectivity index (χ4v) is 5.29. The largest absolute Gasteiger partial charge is 0.310 e. The molecule has 0 amide bonds. The van der Waals surface area contributed by atoms with Gasteiger partial charge < -0.3 is 5.32 Å². The minimum Gasteiger partial charge on any atom is -0.310 e. The van der Waals surface area contributed by atoms with Crippen molar-refractivity contribution in [3.8, 4) is 0 Å². The van der Waals surface area contributed by atoms with Crippen molar-refractivity contribution in [2.75, 3.05) is 18.1 Å². The van der Waals surface area contributed by atoms with Gasteiger partial charge >= 0.3 is 0 Å². The fourth-order valence-electron chi connectivity index (χ4n) is 3.43. The molecule has 1 saturated heterocycles. The molecule has 0 spiro atoms.